The van der Waals surface area contributed by atoms with E-state index in [1.54, 1.807) is 35.2 Å². The number of halogens is 1. The fraction of sp³-hybridized carbons (Fsp3) is 0.318. The van der Waals surface area contributed by atoms with Gasteiger partial charge in [0.05, 0.1) is 36.2 Å². The number of fused-ring (bicyclic) bond motifs is 1. The first-order valence-electron chi connectivity index (χ1n) is 9.65. The van der Waals surface area contributed by atoms with Crippen molar-refractivity contribution in [1.82, 2.24) is 14.9 Å². The second kappa shape index (κ2) is 9.17. The first-order valence-corrected chi connectivity index (χ1v) is 10.0. The molecule has 0 atom stereocenters. The number of aromatic amines is 1. The summed E-state index contributed by atoms with van der Waals surface area (Å²) in [5.41, 5.74) is 0.702. The van der Waals surface area contributed by atoms with Crippen molar-refractivity contribution < 1.29 is 14.3 Å². The van der Waals surface area contributed by atoms with Crippen LogP contribution in [-0.2, 0) is 6.54 Å². The van der Waals surface area contributed by atoms with Crippen molar-refractivity contribution in [2.45, 2.75) is 33.4 Å². The van der Waals surface area contributed by atoms with Gasteiger partial charge in [-0.2, -0.15) is 0 Å². The number of hydrogen-bond donors (Lipinski definition) is 1. The molecular formula is C22H24ClN3O4. The molecular weight excluding hydrogens is 406 g/mol. The molecule has 30 heavy (non-hydrogen) atoms. The van der Waals surface area contributed by atoms with Crippen molar-refractivity contribution >= 4 is 28.4 Å². The van der Waals surface area contributed by atoms with Gasteiger partial charge in [0.1, 0.15) is 5.82 Å². The molecule has 8 heteroatoms. The SMILES string of the molecule is CCOc1c(Cl)cc(C(=O)N(Cc2nc3ccccc3c(=O)[nH]2)C(C)C)cc1OC. The molecule has 1 aromatic heterocycles. The number of hydrogen-bond acceptors (Lipinski definition) is 5. The number of rotatable bonds is 7. The number of carbonyl (C=O) groups excluding carboxylic acids is 1. The standard InChI is InChI=1S/C22H24ClN3O4/c1-5-30-20-16(23)10-14(11-18(20)29-4)22(28)26(13(2)3)12-19-24-17-9-7-6-8-15(17)21(27)25-19/h6-11,13H,5,12H2,1-4H3,(H,24,25,27). The van der Waals surface area contributed by atoms with Gasteiger partial charge in [0, 0.05) is 11.6 Å². The molecule has 1 N–H and O–H groups in total. The largest absolute Gasteiger partial charge is 0.493 e. The molecule has 0 aliphatic heterocycles. The number of methoxy groups -OCH3 is 1. The third-order valence-corrected chi connectivity index (χ3v) is 4.91. The third kappa shape index (κ3) is 4.41. The summed E-state index contributed by atoms with van der Waals surface area (Å²) in [4.78, 5) is 34.5. The zero-order valence-electron chi connectivity index (χ0n) is 17.4. The predicted molar refractivity (Wildman–Crippen MR) is 117 cm³/mol. The molecule has 7 nitrogen and oxygen atoms in total. The van der Waals surface area contributed by atoms with Crippen LogP contribution in [-0.4, -0.2) is 40.5 Å². The monoisotopic (exact) mass is 429 g/mol. The zero-order valence-corrected chi connectivity index (χ0v) is 18.1. The molecule has 0 spiro atoms. The Balaban J connectivity index is 1.96. The van der Waals surface area contributed by atoms with Crippen molar-refractivity contribution in [3.63, 3.8) is 0 Å². The Morgan fingerprint density at radius 3 is 2.67 bits per heavy atom. The number of benzene rings is 2. The summed E-state index contributed by atoms with van der Waals surface area (Å²) in [6.07, 6.45) is 0. The van der Waals surface area contributed by atoms with Gasteiger partial charge in [0.25, 0.3) is 11.5 Å². The predicted octanol–water partition coefficient (Wildman–Crippen LogP) is 4.03. The normalized spacial score (nSPS) is 11.0. The maximum atomic E-state index is 13.3. The molecule has 158 valence electrons. The van der Waals surface area contributed by atoms with Gasteiger partial charge in [-0.15, -0.1) is 0 Å². The van der Waals surface area contributed by atoms with E-state index in [1.807, 2.05) is 26.8 Å². The van der Waals surface area contributed by atoms with Crippen LogP contribution in [0.5, 0.6) is 11.5 Å². The summed E-state index contributed by atoms with van der Waals surface area (Å²) in [5.74, 6) is 0.928. The van der Waals surface area contributed by atoms with Gasteiger partial charge in [-0.1, -0.05) is 23.7 Å². The number of nitrogens with one attached hydrogen (secondary N) is 1. The lowest BCUT2D eigenvalue weighted by molar-refractivity contribution is 0.0684. The van der Waals surface area contributed by atoms with Gasteiger partial charge in [-0.3, -0.25) is 9.59 Å². The number of carbonyl (C=O) groups is 1. The van der Waals surface area contributed by atoms with Crippen LogP contribution < -0.4 is 15.0 Å². The Kier molecular flexibility index (Phi) is 6.62. The second-order valence-electron chi connectivity index (χ2n) is 6.98. The highest BCUT2D eigenvalue weighted by Gasteiger charge is 2.23. The summed E-state index contributed by atoms with van der Waals surface area (Å²) >= 11 is 6.33. The first-order chi connectivity index (χ1) is 14.3. The number of aromatic nitrogens is 2. The van der Waals surface area contributed by atoms with Crippen LogP contribution in [0.15, 0.2) is 41.2 Å². The molecule has 1 amide bonds. The van der Waals surface area contributed by atoms with Crippen LogP contribution in [0.3, 0.4) is 0 Å². The van der Waals surface area contributed by atoms with Gasteiger partial charge in [0.2, 0.25) is 0 Å². The van der Waals surface area contributed by atoms with Gasteiger partial charge in [0.15, 0.2) is 11.5 Å². The molecule has 1 heterocycles. The number of para-hydroxylation sites is 1. The second-order valence-corrected chi connectivity index (χ2v) is 7.39. The van der Waals surface area contributed by atoms with E-state index in [4.69, 9.17) is 21.1 Å². The lowest BCUT2D eigenvalue weighted by atomic mass is 10.1. The molecule has 0 radical (unpaired) electrons. The minimum absolute atomic E-state index is 0.143. The topological polar surface area (TPSA) is 84.5 Å². The van der Waals surface area contributed by atoms with Crippen LogP contribution in [0.2, 0.25) is 5.02 Å². The lowest BCUT2D eigenvalue weighted by Gasteiger charge is -2.27. The summed E-state index contributed by atoms with van der Waals surface area (Å²) in [6.45, 7) is 6.19. The average molecular weight is 430 g/mol. The molecule has 0 unspecified atom stereocenters. The summed E-state index contributed by atoms with van der Waals surface area (Å²) in [5, 5.41) is 0.798. The smallest absolute Gasteiger partial charge is 0.258 e. The molecule has 0 fully saturated rings. The fourth-order valence-electron chi connectivity index (χ4n) is 3.15. The average Bonchev–Trinajstić information content (AvgIpc) is 2.72. The van der Waals surface area contributed by atoms with E-state index in [1.165, 1.54) is 7.11 Å². The lowest BCUT2D eigenvalue weighted by Crippen LogP contribution is -2.37. The van der Waals surface area contributed by atoms with Gasteiger partial charge >= 0.3 is 0 Å². The van der Waals surface area contributed by atoms with E-state index in [0.29, 0.717) is 45.4 Å². The summed E-state index contributed by atoms with van der Waals surface area (Å²) in [7, 11) is 1.49. The fourth-order valence-corrected chi connectivity index (χ4v) is 3.42. The van der Waals surface area contributed by atoms with Crippen molar-refractivity contribution in [3.05, 3.63) is 63.2 Å². The van der Waals surface area contributed by atoms with Crippen molar-refractivity contribution in [2.75, 3.05) is 13.7 Å². The Morgan fingerprint density at radius 1 is 1.27 bits per heavy atom. The van der Waals surface area contributed by atoms with E-state index >= 15 is 0 Å². The molecule has 0 bridgehead atoms. The van der Waals surface area contributed by atoms with Crippen molar-refractivity contribution in [1.29, 1.82) is 0 Å². The van der Waals surface area contributed by atoms with E-state index in [-0.39, 0.29) is 24.1 Å². The molecule has 0 saturated heterocycles. The molecule has 0 saturated carbocycles. The molecule has 0 aliphatic carbocycles. The van der Waals surface area contributed by atoms with Crippen LogP contribution in [0, 0.1) is 0 Å². The Morgan fingerprint density at radius 2 is 2.00 bits per heavy atom. The highest BCUT2D eigenvalue weighted by molar-refractivity contribution is 6.32. The summed E-state index contributed by atoms with van der Waals surface area (Å²) < 4.78 is 10.9. The van der Waals surface area contributed by atoms with E-state index in [9.17, 15) is 9.59 Å². The highest BCUT2D eigenvalue weighted by atomic mass is 35.5. The van der Waals surface area contributed by atoms with Crippen LogP contribution in [0.25, 0.3) is 10.9 Å². The molecule has 3 aromatic rings. The van der Waals surface area contributed by atoms with Crippen LogP contribution in [0.1, 0.15) is 37.0 Å². The maximum absolute atomic E-state index is 13.3. The van der Waals surface area contributed by atoms with Gasteiger partial charge in [-0.05, 0) is 45.0 Å². The zero-order chi connectivity index (χ0) is 21.8. The number of amides is 1. The van der Waals surface area contributed by atoms with Gasteiger partial charge < -0.3 is 19.4 Å². The summed E-state index contributed by atoms with van der Waals surface area (Å²) in [6, 6.07) is 10.1. The molecule has 0 aliphatic rings. The Labute approximate surface area is 179 Å². The minimum atomic E-state index is -0.260. The first kappa shape index (κ1) is 21.6. The van der Waals surface area contributed by atoms with Crippen molar-refractivity contribution in [3.8, 4) is 11.5 Å². The van der Waals surface area contributed by atoms with E-state index in [0.717, 1.165) is 0 Å². The number of ether oxygens (including phenoxy) is 2. The number of H-pyrrole nitrogens is 1. The Bertz CT molecular complexity index is 1130. The van der Waals surface area contributed by atoms with Crippen molar-refractivity contribution in [2.24, 2.45) is 0 Å². The molecule has 2 aromatic carbocycles. The quantitative estimate of drug-likeness (QED) is 0.612. The molecule has 3 rings (SSSR count). The maximum Gasteiger partial charge on any atom is 0.258 e. The van der Waals surface area contributed by atoms with E-state index in [2.05, 4.69) is 9.97 Å². The number of nitrogens with zero attached hydrogens (tertiary/aromatic N) is 2. The third-order valence-electron chi connectivity index (χ3n) is 4.63. The highest BCUT2D eigenvalue weighted by Crippen LogP contribution is 2.37. The van der Waals surface area contributed by atoms with Gasteiger partial charge in [-0.25, -0.2) is 4.98 Å². The minimum Gasteiger partial charge on any atom is -0.493 e. The Hall–Kier alpha value is -3.06. The van der Waals surface area contributed by atoms with E-state index < -0.39 is 0 Å². The van der Waals surface area contributed by atoms with Crippen LogP contribution in [0.4, 0.5) is 0 Å². The van der Waals surface area contributed by atoms with Crippen LogP contribution >= 0.6 is 11.6 Å².